The lowest BCUT2D eigenvalue weighted by molar-refractivity contribution is 0.225. The Bertz CT molecular complexity index is 705. The van der Waals surface area contributed by atoms with E-state index in [9.17, 15) is 4.39 Å². The molecule has 2 aromatic carbocycles. The highest BCUT2D eigenvalue weighted by Gasteiger charge is 2.27. The van der Waals surface area contributed by atoms with Crippen LogP contribution in [0.1, 0.15) is 12.0 Å². The van der Waals surface area contributed by atoms with Crippen LogP contribution in [0.5, 0.6) is 11.5 Å². The van der Waals surface area contributed by atoms with Gasteiger partial charge in [0.05, 0.1) is 7.11 Å². The van der Waals surface area contributed by atoms with Crippen LogP contribution in [0, 0.1) is 5.82 Å². The summed E-state index contributed by atoms with van der Waals surface area (Å²) in [4.78, 5) is 0. The van der Waals surface area contributed by atoms with Crippen LogP contribution < -0.4 is 15.2 Å². The second kappa shape index (κ2) is 6.15. The molecule has 0 aromatic heterocycles. The minimum Gasteiger partial charge on any atom is -0.496 e. The summed E-state index contributed by atoms with van der Waals surface area (Å²) in [7, 11) is 1.57. The van der Waals surface area contributed by atoms with E-state index < -0.39 is 0 Å². The lowest BCUT2D eigenvalue weighted by Crippen LogP contribution is -2.17. The number of ether oxygens (including phenoxy) is 2. The zero-order valence-corrected chi connectivity index (χ0v) is 13.0. The second-order valence-electron chi connectivity index (χ2n) is 5.31. The minimum absolute atomic E-state index is 0.00858. The van der Waals surface area contributed by atoms with Gasteiger partial charge in [0, 0.05) is 28.1 Å². The zero-order chi connectivity index (χ0) is 15.7. The van der Waals surface area contributed by atoms with Crippen LogP contribution in [0.25, 0.3) is 11.1 Å². The summed E-state index contributed by atoms with van der Waals surface area (Å²) in [5, 5.41) is 0.560. The summed E-state index contributed by atoms with van der Waals surface area (Å²) >= 11 is 6.09. The van der Waals surface area contributed by atoms with Crippen molar-refractivity contribution in [1.82, 2.24) is 0 Å². The Labute approximate surface area is 133 Å². The van der Waals surface area contributed by atoms with Gasteiger partial charge in [-0.2, -0.15) is 0 Å². The quantitative estimate of drug-likeness (QED) is 0.931. The molecule has 3 nitrogen and oxygen atoms in total. The van der Waals surface area contributed by atoms with Crippen LogP contribution in [0.3, 0.4) is 0 Å². The maximum atomic E-state index is 14.0. The Morgan fingerprint density at radius 1 is 1.32 bits per heavy atom. The van der Waals surface area contributed by atoms with Gasteiger partial charge in [-0.3, -0.25) is 0 Å². The molecule has 0 saturated heterocycles. The van der Waals surface area contributed by atoms with Crippen LogP contribution in [-0.2, 0) is 6.42 Å². The average molecular weight is 322 g/mol. The van der Waals surface area contributed by atoms with Crippen molar-refractivity contribution in [3.8, 4) is 22.6 Å². The van der Waals surface area contributed by atoms with Gasteiger partial charge in [-0.15, -0.1) is 0 Å². The van der Waals surface area contributed by atoms with Crippen molar-refractivity contribution in [1.29, 1.82) is 0 Å². The highest BCUT2D eigenvalue weighted by molar-refractivity contribution is 6.31. The van der Waals surface area contributed by atoms with Crippen LogP contribution >= 0.6 is 11.6 Å². The second-order valence-corrected chi connectivity index (χ2v) is 5.74. The molecule has 0 bridgehead atoms. The molecule has 0 radical (unpaired) electrons. The van der Waals surface area contributed by atoms with E-state index in [-0.39, 0.29) is 11.9 Å². The van der Waals surface area contributed by atoms with Crippen LogP contribution in [-0.4, -0.2) is 19.8 Å². The first-order valence-electron chi connectivity index (χ1n) is 7.15. The molecule has 0 spiro atoms. The number of nitrogens with two attached hydrogens (primary N) is 1. The number of halogens is 2. The van der Waals surface area contributed by atoms with Gasteiger partial charge in [-0.1, -0.05) is 11.6 Å². The highest BCUT2D eigenvalue weighted by Crippen LogP contribution is 2.44. The molecule has 1 atom stereocenters. The van der Waals surface area contributed by atoms with E-state index in [0.29, 0.717) is 35.1 Å². The Morgan fingerprint density at radius 2 is 2.14 bits per heavy atom. The van der Waals surface area contributed by atoms with Gasteiger partial charge in [-0.05, 0) is 43.3 Å². The summed E-state index contributed by atoms with van der Waals surface area (Å²) in [5.41, 5.74) is 7.84. The van der Waals surface area contributed by atoms with Crippen molar-refractivity contribution in [2.24, 2.45) is 5.73 Å². The minimum atomic E-state index is -0.298. The standard InChI is InChI=1S/C17H17ClFNO2/c1-21-16-3-2-11(18)8-14(16)15-9-12(19)6-10-7-13(4-5-20)22-17(10)15/h2-3,6,8-9,13H,4-5,7,20H2,1H3. The smallest absolute Gasteiger partial charge is 0.131 e. The fraction of sp³-hybridized carbons (Fsp3) is 0.294. The third kappa shape index (κ3) is 2.76. The number of benzene rings is 2. The maximum absolute atomic E-state index is 14.0. The topological polar surface area (TPSA) is 44.5 Å². The van der Waals surface area contributed by atoms with E-state index >= 15 is 0 Å². The Morgan fingerprint density at radius 3 is 2.86 bits per heavy atom. The summed E-state index contributed by atoms with van der Waals surface area (Å²) in [5.74, 6) is 1.02. The molecule has 116 valence electrons. The van der Waals surface area contributed by atoms with Gasteiger partial charge in [0.1, 0.15) is 23.4 Å². The Balaban J connectivity index is 2.12. The molecular formula is C17H17ClFNO2. The first kappa shape index (κ1) is 15.1. The van der Waals surface area contributed by atoms with E-state index in [4.69, 9.17) is 26.8 Å². The molecule has 5 heteroatoms. The molecule has 0 saturated carbocycles. The van der Waals surface area contributed by atoms with Gasteiger partial charge in [0.15, 0.2) is 0 Å². The molecule has 0 aliphatic carbocycles. The fourth-order valence-corrected chi connectivity index (χ4v) is 3.00. The third-order valence-corrected chi connectivity index (χ3v) is 4.04. The van der Waals surface area contributed by atoms with Gasteiger partial charge in [0.2, 0.25) is 0 Å². The highest BCUT2D eigenvalue weighted by atomic mass is 35.5. The summed E-state index contributed by atoms with van der Waals surface area (Å²) in [6, 6.07) is 8.24. The van der Waals surface area contributed by atoms with Gasteiger partial charge in [-0.25, -0.2) is 4.39 Å². The number of rotatable bonds is 4. The molecule has 0 amide bonds. The lowest BCUT2D eigenvalue weighted by Gasteiger charge is -2.14. The van der Waals surface area contributed by atoms with Crippen LogP contribution in [0.4, 0.5) is 4.39 Å². The van der Waals surface area contributed by atoms with Crippen molar-refractivity contribution >= 4 is 11.6 Å². The van der Waals surface area contributed by atoms with Crippen molar-refractivity contribution in [2.75, 3.05) is 13.7 Å². The van der Waals surface area contributed by atoms with Crippen molar-refractivity contribution in [2.45, 2.75) is 18.9 Å². The van der Waals surface area contributed by atoms with E-state index in [0.717, 1.165) is 17.5 Å². The molecule has 1 aliphatic rings. The molecule has 3 rings (SSSR count). The zero-order valence-electron chi connectivity index (χ0n) is 12.2. The molecule has 1 aliphatic heterocycles. The maximum Gasteiger partial charge on any atom is 0.131 e. The largest absolute Gasteiger partial charge is 0.496 e. The normalized spacial score (nSPS) is 16.3. The molecule has 0 fully saturated rings. The third-order valence-electron chi connectivity index (χ3n) is 3.80. The number of hydrogen-bond acceptors (Lipinski definition) is 3. The molecule has 2 N–H and O–H groups in total. The average Bonchev–Trinajstić information content (AvgIpc) is 2.89. The van der Waals surface area contributed by atoms with E-state index in [1.54, 1.807) is 25.3 Å². The van der Waals surface area contributed by atoms with Gasteiger partial charge < -0.3 is 15.2 Å². The number of methoxy groups -OCH3 is 1. The Hall–Kier alpha value is -1.78. The van der Waals surface area contributed by atoms with Crippen LogP contribution in [0.15, 0.2) is 30.3 Å². The number of fused-ring (bicyclic) bond motifs is 1. The number of hydrogen-bond donors (Lipinski definition) is 1. The lowest BCUT2D eigenvalue weighted by atomic mass is 9.99. The first-order chi connectivity index (χ1) is 10.6. The Kier molecular flexibility index (Phi) is 4.23. The summed E-state index contributed by atoms with van der Waals surface area (Å²) < 4.78 is 25.4. The van der Waals surface area contributed by atoms with Crippen LogP contribution in [0.2, 0.25) is 5.02 Å². The molecule has 1 unspecified atom stereocenters. The fourth-order valence-electron chi connectivity index (χ4n) is 2.83. The predicted molar refractivity (Wildman–Crippen MR) is 85.2 cm³/mol. The monoisotopic (exact) mass is 321 g/mol. The molecular weight excluding hydrogens is 305 g/mol. The van der Waals surface area contributed by atoms with E-state index in [1.165, 1.54) is 12.1 Å². The summed E-state index contributed by atoms with van der Waals surface area (Å²) in [6.45, 7) is 0.539. The predicted octanol–water partition coefficient (Wildman–Crippen LogP) is 3.81. The van der Waals surface area contributed by atoms with E-state index in [2.05, 4.69) is 0 Å². The van der Waals surface area contributed by atoms with Gasteiger partial charge in [0.25, 0.3) is 0 Å². The molecule has 22 heavy (non-hydrogen) atoms. The van der Waals surface area contributed by atoms with Gasteiger partial charge >= 0.3 is 0 Å². The molecule has 2 aromatic rings. The van der Waals surface area contributed by atoms with Crippen molar-refractivity contribution < 1.29 is 13.9 Å². The molecule has 1 heterocycles. The summed E-state index contributed by atoms with van der Waals surface area (Å²) in [6.07, 6.45) is 1.40. The van der Waals surface area contributed by atoms with Crippen molar-refractivity contribution in [3.63, 3.8) is 0 Å². The SMILES string of the molecule is COc1ccc(Cl)cc1-c1cc(F)cc2c1OC(CCN)C2. The van der Waals surface area contributed by atoms with Crippen molar-refractivity contribution in [3.05, 3.63) is 46.7 Å². The first-order valence-corrected chi connectivity index (χ1v) is 7.53. The van der Waals surface area contributed by atoms with E-state index in [1.807, 2.05) is 0 Å².